The van der Waals surface area contributed by atoms with Crippen molar-refractivity contribution in [2.45, 2.75) is 12.5 Å². The van der Waals surface area contributed by atoms with Crippen LogP contribution in [0.5, 0.6) is 0 Å². The van der Waals surface area contributed by atoms with Gasteiger partial charge in [-0.2, -0.15) is 11.8 Å². The Morgan fingerprint density at radius 3 is 3.09 bits per heavy atom. The normalized spacial score (nSPS) is 42.6. The monoisotopic (exact) mass is 172 g/mol. The average Bonchev–Trinajstić information content (AvgIpc) is 2.46. The number of nitrogens with two attached hydrogens (primary N) is 1. The van der Waals surface area contributed by atoms with Crippen LogP contribution in [0.4, 0.5) is 0 Å². The van der Waals surface area contributed by atoms with Crippen molar-refractivity contribution >= 4 is 17.8 Å². The van der Waals surface area contributed by atoms with Crippen LogP contribution in [0.2, 0.25) is 0 Å². The van der Waals surface area contributed by atoms with Gasteiger partial charge in [-0.05, 0) is 11.7 Å². The molecule has 2 aliphatic rings. The molecule has 3 nitrogen and oxygen atoms in total. The third kappa shape index (κ3) is 1.00. The maximum atomic E-state index is 5.47. The molecule has 0 radical (unpaired) electrons. The lowest BCUT2D eigenvalue weighted by Crippen LogP contribution is -2.34. The highest BCUT2D eigenvalue weighted by Gasteiger charge is 2.45. The molecule has 2 N–H and O–H groups in total. The molecule has 0 aromatic rings. The molecule has 11 heavy (non-hydrogen) atoms. The van der Waals surface area contributed by atoms with Crippen molar-refractivity contribution in [3.8, 4) is 0 Å². The molecular weight excluding hydrogens is 160 g/mol. The van der Waals surface area contributed by atoms with Crippen LogP contribution in [0.3, 0.4) is 0 Å². The standard InChI is InChI=1S/C7H12N2OS/c1-5-2-11-4-7(5)3-10-6(8)9-7/h5H,2-4H2,1H3,(H2,8,9). The smallest absolute Gasteiger partial charge is 0.282 e. The molecule has 1 fully saturated rings. The Balaban J connectivity index is 2.22. The summed E-state index contributed by atoms with van der Waals surface area (Å²) >= 11 is 1.94. The number of ether oxygens (including phenoxy) is 1. The maximum absolute atomic E-state index is 5.47. The van der Waals surface area contributed by atoms with Crippen molar-refractivity contribution in [2.75, 3.05) is 18.1 Å². The molecule has 0 aromatic heterocycles. The highest BCUT2D eigenvalue weighted by Crippen LogP contribution is 2.38. The number of hydrogen-bond acceptors (Lipinski definition) is 4. The summed E-state index contributed by atoms with van der Waals surface area (Å²) in [5, 5.41) is 0. The second-order valence-electron chi connectivity index (χ2n) is 3.26. The molecule has 2 rings (SSSR count). The minimum Gasteiger partial charge on any atom is -0.463 e. The third-order valence-corrected chi connectivity index (χ3v) is 3.88. The van der Waals surface area contributed by atoms with E-state index >= 15 is 0 Å². The molecule has 1 saturated heterocycles. The molecule has 2 aliphatic heterocycles. The molecule has 0 amide bonds. The van der Waals surface area contributed by atoms with Gasteiger partial charge < -0.3 is 10.5 Å². The van der Waals surface area contributed by atoms with Crippen molar-refractivity contribution in [3.63, 3.8) is 0 Å². The van der Waals surface area contributed by atoms with Gasteiger partial charge in [0.05, 0.1) is 0 Å². The molecule has 4 heteroatoms. The van der Waals surface area contributed by atoms with E-state index in [-0.39, 0.29) is 5.54 Å². The summed E-state index contributed by atoms with van der Waals surface area (Å²) in [6.45, 7) is 2.90. The fraction of sp³-hybridized carbons (Fsp3) is 0.857. The maximum Gasteiger partial charge on any atom is 0.282 e. The van der Waals surface area contributed by atoms with E-state index in [1.165, 1.54) is 5.75 Å². The summed E-state index contributed by atoms with van der Waals surface area (Å²) in [4.78, 5) is 4.35. The third-order valence-electron chi connectivity index (χ3n) is 2.44. The Hall–Kier alpha value is -0.380. The molecule has 0 saturated carbocycles. The predicted octanol–water partition coefficient (Wildman–Crippen LogP) is 0.453. The fourth-order valence-corrected chi connectivity index (χ4v) is 3.09. The van der Waals surface area contributed by atoms with Gasteiger partial charge in [-0.25, -0.2) is 4.99 Å². The number of hydrogen-bond donors (Lipinski definition) is 1. The fourth-order valence-electron chi connectivity index (χ4n) is 1.52. The first-order chi connectivity index (χ1) is 5.23. The summed E-state index contributed by atoms with van der Waals surface area (Å²) in [6.07, 6.45) is 0. The van der Waals surface area contributed by atoms with Crippen molar-refractivity contribution in [1.82, 2.24) is 0 Å². The molecule has 2 unspecified atom stereocenters. The van der Waals surface area contributed by atoms with Crippen LogP contribution in [-0.2, 0) is 4.74 Å². The largest absolute Gasteiger partial charge is 0.463 e. The summed E-state index contributed by atoms with van der Waals surface area (Å²) < 4.78 is 5.18. The molecule has 1 spiro atoms. The van der Waals surface area contributed by atoms with Crippen LogP contribution in [0.25, 0.3) is 0 Å². The molecule has 0 bridgehead atoms. The number of nitrogens with zero attached hydrogens (tertiary/aromatic N) is 1. The second-order valence-corrected chi connectivity index (χ2v) is 4.29. The van der Waals surface area contributed by atoms with E-state index in [9.17, 15) is 0 Å². The zero-order chi connectivity index (χ0) is 7.90. The van der Waals surface area contributed by atoms with Gasteiger partial charge in [0.25, 0.3) is 6.02 Å². The minimum absolute atomic E-state index is 0.0226. The number of amidine groups is 1. The molecule has 62 valence electrons. The van der Waals surface area contributed by atoms with Crippen molar-refractivity contribution in [2.24, 2.45) is 16.6 Å². The summed E-state index contributed by atoms with van der Waals surface area (Å²) in [7, 11) is 0. The van der Waals surface area contributed by atoms with Gasteiger partial charge in [0.2, 0.25) is 0 Å². The van der Waals surface area contributed by atoms with E-state index in [4.69, 9.17) is 10.5 Å². The van der Waals surface area contributed by atoms with E-state index in [0.717, 1.165) is 5.75 Å². The van der Waals surface area contributed by atoms with Crippen LogP contribution < -0.4 is 5.73 Å². The van der Waals surface area contributed by atoms with Crippen molar-refractivity contribution < 1.29 is 4.74 Å². The van der Waals surface area contributed by atoms with E-state index < -0.39 is 0 Å². The molecule has 0 aromatic carbocycles. The van der Waals surface area contributed by atoms with E-state index in [1.807, 2.05) is 11.8 Å². The Bertz CT molecular complexity index is 207. The van der Waals surface area contributed by atoms with Crippen LogP contribution in [0.1, 0.15) is 6.92 Å². The summed E-state index contributed by atoms with van der Waals surface area (Å²) in [5.74, 6) is 2.85. The molecule has 2 atom stereocenters. The molecule has 2 heterocycles. The predicted molar refractivity (Wildman–Crippen MR) is 46.8 cm³/mol. The van der Waals surface area contributed by atoms with Crippen molar-refractivity contribution in [1.29, 1.82) is 0 Å². The first kappa shape index (κ1) is 7.28. The lowest BCUT2D eigenvalue weighted by atomic mass is 9.91. The minimum atomic E-state index is 0.0226. The quantitative estimate of drug-likeness (QED) is 0.577. The topological polar surface area (TPSA) is 47.6 Å². The summed E-state index contributed by atoms with van der Waals surface area (Å²) in [5.41, 5.74) is 5.49. The highest BCUT2D eigenvalue weighted by molar-refractivity contribution is 7.99. The number of thioether (sulfide) groups is 1. The van der Waals surface area contributed by atoms with Crippen LogP contribution >= 0.6 is 11.8 Å². The van der Waals surface area contributed by atoms with Gasteiger partial charge in [-0.1, -0.05) is 6.92 Å². The van der Waals surface area contributed by atoms with Gasteiger partial charge in [0.15, 0.2) is 0 Å². The van der Waals surface area contributed by atoms with Crippen LogP contribution in [-0.4, -0.2) is 29.7 Å². The first-order valence-electron chi connectivity index (χ1n) is 3.79. The lowest BCUT2D eigenvalue weighted by Gasteiger charge is -2.20. The lowest BCUT2D eigenvalue weighted by molar-refractivity contribution is 0.235. The Labute approximate surface area is 70.4 Å². The first-order valence-corrected chi connectivity index (χ1v) is 4.94. The van der Waals surface area contributed by atoms with E-state index in [0.29, 0.717) is 18.5 Å². The van der Waals surface area contributed by atoms with Gasteiger partial charge in [-0.3, -0.25) is 0 Å². The average molecular weight is 172 g/mol. The summed E-state index contributed by atoms with van der Waals surface area (Å²) in [6, 6.07) is 0.374. The van der Waals surface area contributed by atoms with E-state index in [1.54, 1.807) is 0 Å². The van der Waals surface area contributed by atoms with Gasteiger partial charge in [-0.15, -0.1) is 0 Å². The van der Waals surface area contributed by atoms with Gasteiger partial charge in [0.1, 0.15) is 12.1 Å². The number of aliphatic imine (C=N–C) groups is 1. The Kier molecular flexibility index (Phi) is 1.52. The van der Waals surface area contributed by atoms with Gasteiger partial charge >= 0.3 is 0 Å². The second kappa shape index (κ2) is 2.30. The highest BCUT2D eigenvalue weighted by atomic mass is 32.2. The molecule has 0 aliphatic carbocycles. The van der Waals surface area contributed by atoms with Crippen LogP contribution in [0, 0.1) is 5.92 Å². The Morgan fingerprint density at radius 2 is 2.64 bits per heavy atom. The zero-order valence-electron chi connectivity index (χ0n) is 6.54. The molecular formula is C7H12N2OS. The number of rotatable bonds is 0. The van der Waals surface area contributed by atoms with E-state index in [2.05, 4.69) is 11.9 Å². The Morgan fingerprint density at radius 1 is 1.82 bits per heavy atom. The van der Waals surface area contributed by atoms with Crippen LogP contribution in [0.15, 0.2) is 4.99 Å². The van der Waals surface area contributed by atoms with Crippen molar-refractivity contribution in [3.05, 3.63) is 0 Å². The zero-order valence-corrected chi connectivity index (χ0v) is 7.36. The van der Waals surface area contributed by atoms with Gasteiger partial charge in [0, 0.05) is 5.75 Å². The SMILES string of the molecule is CC1CSCC12COC(N)=N2.